The van der Waals surface area contributed by atoms with Crippen molar-refractivity contribution in [2.45, 2.75) is 25.8 Å². The number of hydrogen-bond donors (Lipinski definition) is 2. The molecule has 7 heteroatoms. The zero-order chi connectivity index (χ0) is 16.7. The molecule has 0 radical (unpaired) electrons. The zero-order valence-electron chi connectivity index (χ0n) is 15.0. The van der Waals surface area contributed by atoms with Crippen molar-refractivity contribution >= 4 is 35.6 Å². The number of nitrogens with zero attached hydrogens (tertiary/aromatic N) is 2. The van der Waals surface area contributed by atoms with Gasteiger partial charge in [0.25, 0.3) is 0 Å². The highest BCUT2D eigenvalue weighted by atomic mass is 127. The molecule has 6 nitrogen and oxygen atoms in total. The van der Waals surface area contributed by atoms with Crippen molar-refractivity contribution < 1.29 is 9.47 Å². The normalized spacial score (nSPS) is 17.2. The highest BCUT2D eigenvalue weighted by Crippen LogP contribution is 2.30. The Labute approximate surface area is 162 Å². The van der Waals surface area contributed by atoms with Gasteiger partial charge in [-0.25, -0.2) is 0 Å². The minimum absolute atomic E-state index is 0. The number of nitrogens with one attached hydrogen (secondary N) is 2. The molecule has 0 saturated carbocycles. The molecule has 0 aromatic heterocycles. The van der Waals surface area contributed by atoms with Crippen LogP contribution in [0.4, 0.5) is 5.69 Å². The van der Waals surface area contributed by atoms with E-state index in [0.29, 0.717) is 6.04 Å². The summed E-state index contributed by atoms with van der Waals surface area (Å²) in [6.45, 7) is 5.01. The lowest BCUT2D eigenvalue weighted by Crippen LogP contribution is -2.44. The molecule has 1 unspecified atom stereocenters. The van der Waals surface area contributed by atoms with Crippen LogP contribution in [0, 0.1) is 0 Å². The van der Waals surface area contributed by atoms with E-state index in [1.165, 1.54) is 0 Å². The standard InChI is InChI=1S/C17H28N4O2.HI/c1-5-7-19-17(18-2)20-13-6-8-21(12-13)14-9-15(22-3)11-16(10-14)23-4;/h9-11,13H,5-8,12H2,1-4H3,(H2,18,19,20);1H. The Morgan fingerprint density at radius 3 is 2.46 bits per heavy atom. The van der Waals surface area contributed by atoms with Gasteiger partial charge < -0.3 is 25.0 Å². The van der Waals surface area contributed by atoms with Crippen LogP contribution in [-0.2, 0) is 0 Å². The first-order valence-corrected chi connectivity index (χ1v) is 8.15. The Kier molecular flexibility index (Phi) is 9.02. The Bertz CT molecular complexity index is 517. The first kappa shape index (κ1) is 20.7. The van der Waals surface area contributed by atoms with Crippen LogP contribution in [0.5, 0.6) is 11.5 Å². The number of benzene rings is 1. The van der Waals surface area contributed by atoms with Gasteiger partial charge >= 0.3 is 0 Å². The molecule has 0 amide bonds. The van der Waals surface area contributed by atoms with Crippen LogP contribution in [0.1, 0.15) is 19.8 Å². The van der Waals surface area contributed by atoms with Crippen LogP contribution in [0.3, 0.4) is 0 Å². The number of anilines is 1. The lowest BCUT2D eigenvalue weighted by molar-refractivity contribution is 0.394. The van der Waals surface area contributed by atoms with E-state index < -0.39 is 0 Å². The zero-order valence-corrected chi connectivity index (χ0v) is 17.3. The maximum atomic E-state index is 5.36. The van der Waals surface area contributed by atoms with E-state index in [1.54, 1.807) is 14.2 Å². The fourth-order valence-corrected chi connectivity index (χ4v) is 2.72. The second-order valence-electron chi connectivity index (χ2n) is 5.65. The van der Waals surface area contributed by atoms with Crippen LogP contribution in [0.15, 0.2) is 23.2 Å². The average molecular weight is 448 g/mol. The molecular weight excluding hydrogens is 419 g/mol. The number of ether oxygens (including phenoxy) is 2. The van der Waals surface area contributed by atoms with Crippen LogP contribution in [0.2, 0.25) is 0 Å². The molecule has 1 aromatic carbocycles. The van der Waals surface area contributed by atoms with E-state index in [-0.39, 0.29) is 24.0 Å². The van der Waals surface area contributed by atoms with Gasteiger partial charge in [-0.05, 0) is 12.8 Å². The van der Waals surface area contributed by atoms with Crippen LogP contribution >= 0.6 is 24.0 Å². The predicted octanol–water partition coefficient (Wildman–Crippen LogP) is 2.48. The Morgan fingerprint density at radius 2 is 1.92 bits per heavy atom. The van der Waals surface area contributed by atoms with E-state index in [2.05, 4.69) is 39.6 Å². The molecule has 1 heterocycles. The van der Waals surface area contributed by atoms with Gasteiger partial charge in [0.1, 0.15) is 11.5 Å². The quantitative estimate of drug-likeness (QED) is 0.398. The van der Waals surface area contributed by atoms with Crippen LogP contribution in [-0.4, -0.2) is 52.9 Å². The van der Waals surface area contributed by atoms with Crippen molar-refractivity contribution in [3.05, 3.63) is 18.2 Å². The maximum absolute atomic E-state index is 5.36. The van der Waals surface area contributed by atoms with E-state index in [9.17, 15) is 0 Å². The Morgan fingerprint density at radius 1 is 1.25 bits per heavy atom. The summed E-state index contributed by atoms with van der Waals surface area (Å²) in [7, 11) is 5.16. The summed E-state index contributed by atoms with van der Waals surface area (Å²) in [5, 5.41) is 6.81. The number of halogens is 1. The molecule has 1 saturated heterocycles. The van der Waals surface area contributed by atoms with E-state index in [1.807, 2.05) is 13.1 Å². The van der Waals surface area contributed by atoms with E-state index in [0.717, 1.165) is 55.6 Å². The smallest absolute Gasteiger partial charge is 0.191 e. The lowest BCUT2D eigenvalue weighted by Gasteiger charge is -2.21. The van der Waals surface area contributed by atoms with Gasteiger partial charge in [-0.15, -0.1) is 24.0 Å². The summed E-state index contributed by atoms with van der Waals surface area (Å²) in [5.41, 5.74) is 1.13. The number of hydrogen-bond acceptors (Lipinski definition) is 4. The third-order valence-corrected chi connectivity index (χ3v) is 4.00. The molecule has 0 aliphatic carbocycles. The Balaban J connectivity index is 0.00000288. The first-order valence-electron chi connectivity index (χ1n) is 8.15. The molecule has 1 aliphatic heterocycles. The number of aliphatic imine (C=N–C) groups is 1. The SMILES string of the molecule is CCCNC(=NC)NC1CCN(c2cc(OC)cc(OC)c2)C1.I. The Hall–Kier alpha value is -1.38. The van der Waals surface area contributed by atoms with Crippen molar-refractivity contribution in [2.24, 2.45) is 4.99 Å². The van der Waals surface area contributed by atoms with Crippen molar-refractivity contribution in [3.63, 3.8) is 0 Å². The molecule has 2 N–H and O–H groups in total. The molecule has 2 rings (SSSR count). The fraction of sp³-hybridized carbons (Fsp3) is 0.588. The minimum atomic E-state index is 0. The second-order valence-corrected chi connectivity index (χ2v) is 5.65. The number of methoxy groups -OCH3 is 2. The third-order valence-electron chi connectivity index (χ3n) is 4.00. The van der Waals surface area contributed by atoms with Gasteiger partial charge in [-0.3, -0.25) is 4.99 Å². The van der Waals surface area contributed by atoms with Crippen molar-refractivity contribution in [3.8, 4) is 11.5 Å². The largest absolute Gasteiger partial charge is 0.497 e. The fourth-order valence-electron chi connectivity index (χ4n) is 2.72. The van der Waals surface area contributed by atoms with E-state index in [4.69, 9.17) is 9.47 Å². The number of rotatable bonds is 6. The van der Waals surface area contributed by atoms with E-state index >= 15 is 0 Å². The molecule has 0 bridgehead atoms. The van der Waals surface area contributed by atoms with Crippen molar-refractivity contribution in [1.29, 1.82) is 0 Å². The van der Waals surface area contributed by atoms with Crippen LogP contribution < -0.4 is 25.0 Å². The molecule has 24 heavy (non-hydrogen) atoms. The maximum Gasteiger partial charge on any atom is 0.191 e. The topological polar surface area (TPSA) is 58.1 Å². The van der Waals surface area contributed by atoms with Gasteiger partial charge in [0.2, 0.25) is 0 Å². The highest BCUT2D eigenvalue weighted by molar-refractivity contribution is 14.0. The first-order chi connectivity index (χ1) is 11.2. The molecule has 1 aromatic rings. The average Bonchev–Trinajstić information content (AvgIpc) is 3.06. The number of guanidine groups is 1. The van der Waals surface area contributed by atoms with Gasteiger partial charge in [0.05, 0.1) is 14.2 Å². The predicted molar refractivity (Wildman–Crippen MR) is 110 cm³/mol. The molecule has 1 fully saturated rings. The second kappa shape index (κ2) is 10.5. The summed E-state index contributed by atoms with van der Waals surface area (Å²) >= 11 is 0. The van der Waals surface area contributed by atoms with Crippen LogP contribution in [0.25, 0.3) is 0 Å². The van der Waals surface area contributed by atoms with Gasteiger partial charge in [0.15, 0.2) is 5.96 Å². The molecule has 1 aliphatic rings. The summed E-state index contributed by atoms with van der Waals surface area (Å²) in [6.07, 6.45) is 2.16. The van der Waals surface area contributed by atoms with Gasteiger partial charge in [-0.2, -0.15) is 0 Å². The summed E-state index contributed by atoms with van der Waals surface area (Å²) in [5.74, 6) is 2.51. The monoisotopic (exact) mass is 448 g/mol. The molecular formula is C17H29IN4O2. The molecule has 1 atom stereocenters. The van der Waals surface area contributed by atoms with Gasteiger partial charge in [0, 0.05) is 56.6 Å². The summed E-state index contributed by atoms with van der Waals surface area (Å²) in [4.78, 5) is 6.62. The highest BCUT2D eigenvalue weighted by Gasteiger charge is 2.24. The summed E-state index contributed by atoms with van der Waals surface area (Å²) in [6, 6.07) is 6.38. The lowest BCUT2D eigenvalue weighted by atomic mass is 10.2. The van der Waals surface area contributed by atoms with Crippen molar-refractivity contribution in [1.82, 2.24) is 10.6 Å². The summed E-state index contributed by atoms with van der Waals surface area (Å²) < 4.78 is 10.7. The minimum Gasteiger partial charge on any atom is -0.497 e. The van der Waals surface area contributed by atoms with Gasteiger partial charge in [-0.1, -0.05) is 6.92 Å². The third kappa shape index (κ3) is 5.61. The molecule has 0 spiro atoms. The molecule has 136 valence electrons. The van der Waals surface area contributed by atoms with Crippen molar-refractivity contribution in [2.75, 3.05) is 45.8 Å².